The van der Waals surface area contributed by atoms with Crippen LogP contribution >= 0.6 is 0 Å². The van der Waals surface area contributed by atoms with Gasteiger partial charge in [0, 0.05) is 12.8 Å². The first kappa shape index (κ1) is 75.6. The van der Waals surface area contributed by atoms with Crippen molar-refractivity contribution in [2.75, 3.05) is 13.2 Å². The Kier molecular flexibility index (Phi) is 65.9. The highest BCUT2D eigenvalue weighted by Gasteiger charge is 2.20. The fraction of sp³-hybridized carbons (Fsp3) is 0.944. The van der Waals surface area contributed by atoms with Crippen LogP contribution in [-0.4, -0.2) is 47.4 Å². The van der Waals surface area contributed by atoms with Crippen LogP contribution in [0.4, 0.5) is 0 Å². The van der Waals surface area contributed by atoms with Gasteiger partial charge >= 0.3 is 5.97 Å². The first-order chi connectivity index (χ1) is 38.0. The molecule has 0 aliphatic heterocycles. The number of rotatable bonds is 67. The minimum Gasteiger partial charge on any atom is -0.466 e. The van der Waals surface area contributed by atoms with Gasteiger partial charge in [-0.1, -0.05) is 360 Å². The molecular formula is C71H139NO5. The molecular weight excluding hydrogens is 947 g/mol. The summed E-state index contributed by atoms with van der Waals surface area (Å²) in [4.78, 5) is 24.5. The molecule has 0 rings (SSSR count). The van der Waals surface area contributed by atoms with Gasteiger partial charge in [-0.15, -0.1) is 0 Å². The van der Waals surface area contributed by atoms with Crippen LogP contribution in [0.25, 0.3) is 0 Å². The Morgan fingerprint density at radius 3 is 0.961 bits per heavy atom. The van der Waals surface area contributed by atoms with E-state index in [0.29, 0.717) is 25.9 Å². The fourth-order valence-electron chi connectivity index (χ4n) is 11.4. The quantitative estimate of drug-likeness (QED) is 0.0320. The maximum atomic E-state index is 12.5. The number of ether oxygens (including phenoxy) is 1. The maximum absolute atomic E-state index is 12.5. The van der Waals surface area contributed by atoms with E-state index >= 15 is 0 Å². The number of aliphatic hydroxyl groups is 2. The molecule has 0 aromatic heterocycles. The predicted octanol–water partition coefficient (Wildman–Crippen LogP) is 22.8. The summed E-state index contributed by atoms with van der Waals surface area (Å²) in [6.07, 6.45) is 82.7. The van der Waals surface area contributed by atoms with E-state index in [1.807, 2.05) is 0 Å². The molecule has 0 bridgehead atoms. The van der Waals surface area contributed by atoms with Gasteiger partial charge in [-0.2, -0.15) is 0 Å². The highest BCUT2D eigenvalue weighted by molar-refractivity contribution is 5.76. The Balaban J connectivity index is 3.35. The zero-order valence-corrected chi connectivity index (χ0v) is 52.5. The minimum atomic E-state index is -0.662. The average molecular weight is 1090 g/mol. The van der Waals surface area contributed by atoms with E-state index in [0.717, 1.165) is 44.9 Å². The maximum Gasteiger partial charge on any atom is 0.305 e. The number of nitrogens with one attached hydrogen (secondary N) is 1. The van der Waals surface area contributed by atoms with Crippen LogP contribution in [0.1, 0.15) is 406 Å². The van der Waals surface area contributed by atoms with Crippen LogP contribution < -0.4 is 5.32 Å². The van der Waals surface area contributed by atoms with E-state index in [9.17, 15) is 19.8 Å². The molecule has 0 spiro atoms. The van der Waals surface area contributed by atoms with E-state index < -0.39 is 12.1 Å². The summed E-state index contributed by atoms with van der Waals surface area (Å²) < 4.78 is 5.47. The van der Waals surface area contributed by atoms with Crippen LogP contribution in [0, 0.1) is 0 Å². The van der Waals surface area contributed by atoms with Gasteiger partial charge in [-0.3, -0.25) is 9.59 Å². The number of carbonyl (C=O) groups excluding carboxylic acids is 2. The Labute approximate surface area is 482 Å². The third kappa shape index (κ3) is 63.6. The molecule has 458 valence electrons. The first-order valence-corrected chi connectivity index (χ1v) is 35.4. The molecule has 2 atom stereocenters. The zero-order chi connectivity index (χ0) is 55.7. The second-order valence-electron chi connectivity index (χ2n) is 24.6. The van der Waals surface area contributed by atoms with Crippen molar-refractivity contribution in [2.24, 2.45) is 0 Å². The van der Waals surface area contributed by atoms with E-state index in [4.69, 9.17) is 4.74 Å². The van der Waals surface area contributed by atoms with Crippen LogP contribution in [0.15, 0.2) is 12.2 Å². The number of unbranched alkanes of at least 4 members (excludes halogenated alkanes) is 54. The van der Waals surface area contributed by atoms with Gasteiger partial charge in [0.2, 0.25) is 5.91 Å². The molecule has 0 aromatic carbocycles. The number of esters is 1. The molecule has 0 aliphatic rings. The van der Waals surface area contributed by atoms with Crippen molar-refractivity contribution in [3.05, 3.63) is 12.2 Å². The Bertz CT molecular complexity index is 1160. The number of aliphatic hydroxyl groups excluding tert-OH is 2. The van der Waals surface area contributed by atoms with E-state index in [-0.39, 0.29) is 18.5 Å². The highest BCUT2D eigenvalue weighted by Crippen LogP contribution is 2.19. The normalized spacial score (nSPS) is 12.5. The van der Waals surface area contributed by atoms with Crippen molar-refractivity contribution in [3.8, 4) is 0 Å². The lowest BCUT2D eigenvalue weighted by Crippen LogP contribution is -2.45. The lowest BCUT2D eigenvalue weighted by molar-refractivity contribution is -0.143. The summed E-state index contributed by atoms with van der Waals surface area (Å²) in [6, 6.07) is -0.539. The smallest absolute Gasteiger partial charge is 0.305 e. The molecule has 77 heavy (non-hydrogen) atoms. The van der Waals surface area contributed by atoms with Crippen molar-refractivity contribution in [2.45, 2.75) is 418 Å². The summed E-state index contributed by atoms with van der Waals surface area (Å²) in [6.45, 7) is 4.96. The largest absolute Gasteiger partial charge is 0.466 e. The Hall–Kier alpha value is -1.40. The molecule has 0 aromatic rings. The van der Waals surface area contributed by atoms with Gasteiger partial charge in [0.05, 0.1) is 25.4 Å². The number of amides is 1. The third-order valence-corrected chi connectivity index (χ3v) is 16.8. The van der Waals surface area contributed by atoms with Crippen molar-refractivity contribution in [1.29, 1.82) is 0 Å². The predicted molar refractivity (Wildman–Crippen MR) is 338 cm³/mol. The summed E-state index contributed by atoms with van der Waals surface area (Å²) in [5, 5.41) is 23.4. The van der Waals surface area contributed by atoms with Crippen molar-refractivity contribution in [1.82, 2.24) is 5.32 Å². The van der Waals surface area contributed by atoms with Crippen LogP contribution in [0.3, 0.4) is 0 Å². The highest BCUT2D eigenvalue weighted by atomic mass is 16.5. The Morgan fingerprint density at radius 1 is 0.351 bits per heavy atom. The molecule has 0 fully saturated rings. The van der Waals surface area contributed by atoms with Gasteiger partial charge < -0.3 is 20.3 Å². The van der Waals surface area contributed by atoms with Gasteiger partial charge in [0.1, 0.15) is 0 Å². The first-order valence-electron chi connectivity index (χ1n) is 35.4. The van der Waals surface area contributed by atoms with Crippen molar-refractivity contribution < 1.29 is 24.5 Å². The molecule has 0 saturated carbocycles. The monoisotopic (exact) mass is 1090 g/mol. The molecule has 6 heteroatoms. The number of allylic oxidation sites excluding steroid dienone is 2. The average Bonchev–Trinajstić information content (AvgIpc) is 3.43. The topological polar surface area (TPSA) is 95.9 Å². The molecule has 2 unspecified atom stereocenters. The summed E-state index contributed by atoms with van der Waals surface area (Å²) in [7, 11) is 0. The van der Waals surface area contributed by atoms with Gasteiger partial charge in [-0.05, 0) is 44.9 Å². The van der Waals surface area contributed by atoms with Crippen LogP contribution in [-0.2, 0) is 14.3 Å². The van der Waals surface area contributed by atoms with Gasteiger partial charge in [-0.25, -0.2) is 0 Å². The lowest BCUT2D eigenvalue weighted by atomic mass is 10.0. The lowest BCUT2D eigenvalue weighted by Gasteiger charge is -2.22. The second kappa shape index (κ2) is 67.1. The van der Waals surface area contributed by atoms with Gasteiger partial charge in [0.25, 0.3) is 0 Å². The number of hydrogen-bond donors (Lipinski definition) is 3. The van der Waals surface area contributed by atoms with Crippen LogP contribution in [0.2, 0.25) is 0 Å². The molecule has 0 saturated heterocycles. The molecule has 0 aliphatic carbocycles. The standard InChI is InChI=1S/C71H139NO5/c1-3-5-7-9-11-13-15-16-17-18-19-28-31-34-37-40-44-47-51-55-59-63-69(74)68(67-73)72-70(75)64-60-56-52-48-45-41-38-35-32-29-26-24-22-20-21-23-25-27-30-33-36-39-42-46-50-54-58-62-66-77-71(76)65-61-57-53-49-43-14-12-10-8-6-4-2/h10,12,68-69,73-74H,3-9,11,13-67H2,1-2H3,(H,72,75)/b12-10-. The number of hydrogen-bond acceptors (Lipinski definition) is 5. The molecule has 1 amide bonds. The van der Waals surface area contributed by atoms with E-state index in [1.165, 1.54) is 327 Å². The SMILES string of the molecule is CCCC/C=C\CCCCCCCC(=O)OCCCCCCCCCCCCCCCCCCCCCCCCCCCCCCC(=O)NC(CO)C(O)CCCCCCCCCCCCCCCCCCCCCCC. The van der Waals surface area contributed by atoms with Crippen molar-refractivity contribution >= 4 is 11.9 Å². The van der Waals surface area contributed by atoms with Crippen molar-refractivity contribution in [3.63, 3.8) is 0 Å². The number of carbonyl (C=O) groups is 2. The minimum absolute atomic E-state index is 0.00858. The summed E-state index contributed by atoms with van der Waals surface area (Å²) in [5.41, 5.74) is 0. The molecule has 0 radical (unpaired) electrons. The van der Waals surface area contributed by atoms with Crippen LogP contribution in [0.5, 0.6) is 0 Å². The molecule has 3 N–H and O–H groups in total. The fourth-order valence-corrected chi connectivity index (χ4v) is 11.4. The van der Waals surface area contributed by atoms with E-state index in [1.54, 1.807) is 0 Å². The zero-order valence-electron chi connectivity index (χ0n) is 52.5. The Morgan fingerprint density at radius 2 is 0.623 bits per heavy atom. The van der Waals surface area contributed by atoms with E-state index in [2.05, 4.69) is 31.3 Å². The summed E-state index contributed by atoms with van der Waals surface area (Å²) in [5.74, 6) is -0.0183. The third-order valence-electron chi connectivity index (χ3n) is 16.8. The summed E-state index contributed by atoms with van der Waals surface area (Å²) >= 11 is 0. The second-order valence-corrected chi connectivity index (χ2v) is 24.6. The van der Waals surface area contributed by atoms with Gasteiger partial charge in [0.15, 0.2) is 0 Å². The molecule has 6 nitrogen and oxygen atoms in total. The molecule has 0 heterocycles.